The van der Waals surface area contributed by atoms with E-state index in [2.05, 4.69) is 20.0 Å². The van der Waals surface area contributed by atoms with Crippen molar-refractivity contribution in [3.05, 3.63) is 18.0 Å². The number of carbonyl (C=O) groups excluding carboxylic acids is 3. The highest BCUT2D eigenvalue weighted by Gasteiger charge is 2.18. The largest absolute Gasteiger partial charge is 0.463 e. The van der Waals surface area contributed by atoms with Crippen molar-refractivity contribution in [3.63, 3.8) is 0 Å². The van der Waals surface area contributed by atoms with Crippen molar-refractivity contribution < 1.29 is 19.1 Å². The van der Waals surface area contributed by atoms with Gasteiger partial charge < -0.3 is 4.74 Å². The van der Waals surface area contributed by atoms with Crippen LogP contribution in [0.4, 0.5) is 5.95 Å². The van der Waals surface area contributed by atoms with Gasteiger partial charge in [-0.1, -0.05) is 0 Å². The predicted molar refractivity (Wildman–Crippen MR) is 48.1 cm³/mol. The highest BCUT2D eigenvalue weighted by molar-refractivity contribution is 6.40. The second-order valence-electron chi connectivity index (χ2n) is 2.35. The van der Waals surface area contributed by atoms with Crippen molar-refractivity contribution >= 4 is 24.1 Å². The zero-order valence-corrected chi connectivity index (χ0v) is 7.76. The summed E-state index contributed by atoms with van der Waals surface area (Å²) in [5.41, 5.74) is -0.138. The first kappa shape index (κ1) is 10.8. The summed E-state index contributed by atoms with van der Waals surface area (Å²) < 4.78 is 4.23. The quantitative estimate of drug-likeness (QED) is 0.307. The fraction of sp³-hybridized carbons (Fsp3) is 0.125. The maximum Gasteiger partial charge on any atom is 0.381 e. The van der Waals surface area contributed by atoms with Crippen LogP contribution in [0.2, 0.25) is 0 Å². The second-order valence-corrected chi connectivity index (χ2v) is 2.35. The van der Waals surface area contributed by atoms with E-state index in [1.165, 1.54) is 12.3 Å². The lowest BCUT2D eigenvalue weighted by Gasteiger charge is -1.99. The first-order valence-corrected chi connectivity index (χ1v) is 3.85. The number of methoxy groups -OCH3 is 1. The van der Waals surface area contributed by atoms with E-state index in [1.54, 1.807) is 0 Å². The van der Waals surface area contributed by atoms with Crippen molar-refractivity contribution in [1.29, 1.82) is 0 Å². The summed E-state index contributed by atoms with van der Waals surface area (Å²) in [7, 11) is 1.09. The summed E-state index contributed by atoms with van der Waals surface area (Å²) in [6.07, 6.45) is 1.61. The number of nitrogens with zero attached hydrogens (tertiary/aromatic N) is 2. The summed E-state index contributed by atoms with van der Waals surface area (Å²) >= 11 is 0. The van der Waals surface area contributed by atoms with Crippen LogP contribution in [0, 0.1) is 0 Å². The molecule has 1 aromatic rings. The number of rotatable bonds is 4. The molecule has 1 rings (SSSR count). The lowest BCUT2D eigenvalue weighted by atomic mass is 10.3. The molecule has 7 nitrogen and oxygen atoms in total. The second kappa shape index (κ2) is 4.80. The lowest BCUT2D eigenvalue weighted by molar-refractivity contribution is -0.135. The minimum Gasteiger partial charge on any atom is -0.463 e. The van der Waals surface area contributed by atoms with Gasteiger partial charge in [0.1, 0.15) is 5.69 Å². The Morgan fingerprint density at radius 2 is 2.27 bits per heavy atom. The van der Waals surface area contributed by atoms with Crippen molar-refractivity contribution in [2.24, 2.45) is 0 Å². The molecule has 1 aromatic heterocycles. The molecule has 0 spiro atoms. The summed E-state index contributed by atoms with van der Waals surface area (Å²) in [5, 5.41) is 2.15. The number of ether oxygens (including phenoxy) is 1. The highest BCUT2D eigenvalue weighted by atomic mass is 16.5. The number of ketones is 1. The molecule has 0 aliphatic carbocycles. The molecule has 0 unspecified atom stereocenters. The molecule has 0 radical (unpaired) electrons. The molecule has 7 heteroatoms. The molecule has 0 aromatic carbocycles. The van der Waals surface area contributed by atoms with Crippen LogP contribution in [0.25, 0.3) is 0 Å². The number of esters is 1. The molecule has 0 aliphatic heterocycles. The number of hydrogen-bond donors (Lipinski definition) is 1. The molecule has 0 saturated carbocycles. The fourth-order valence-corrected chi connectivity index (χ4v) is 0.805. The molecule has 0 atom stereocenters. The average Bonchev–Trinajstić information content (AvgIpc) is 2.28. The topological polar surface area (TPSA) is 98.3 Å². The summed E-state index contributed by atoms with van der Waals surface area (Å²) in [5.74, 6) is -1.97. The van der Waals surface area contributed by atoms with Gasteiger partial charge in [-0.25, -0.2) is 14.8 Å². The van der Waals surface area contributed by atoms with Crippen LogP contribution in [0.3, 0.4) is 0 Å². The Balaban J connectivity index is 2.94. The smallest absolute Gasteiger partial charge is 0.381 e. The molecular weight excluding hydrogens is 202 g/mol. The van der Waals surface area contributed by atoms with Gasteiger partial charge in [-0.15, -0.1) is 0 Å². The minimum absolute atomic E-state index is 0.0558. The Bertz CT molecular complexity index is 405. The van der Waals surface area contributed by atoms with Crippen LogP contribution in [0.5, 0.6) is 0 Å². The van der Waals surface area contributed by atoms with Gasteiger partial charge in [0.15, 0.2) is 0 Å². The molecule has 0 bridgehead atoms. The lowest BCUT2D eigenvalue weighted by Crippen LogP contribution is -2.17. The van der Waals surface area contributed by atoms with E-state index in [1.807, 2.05) is 0 Å². The van der Waals surface area contributed by atoms with E-state index in [-0.39, 0.29) is 11.6 Å². The van der Waals surface area contributed by atoms with E-state index in [0.29, 0.717) is 6.41 Å². The number of hydrogen-bond acceptors (Lipinski definition) is 6. The average molecular weight is 209 g/mol. The van der Waals surface area contributed by atoms with E-state index < -0.39 is 11.8 Å². The van der Waals surface area contributed by atoms with Crippen LogP contribution >= 0.6 is 0 Å². The molecule has 0 fully saturated rings. The third-order valence-electron chi connectivity index (χ3n) is 1.45. The van der Waals surface area contributed by atoms with Crippen LogP contribution < -0.4 is 5.32 Å². The SMILES string of the molecule is COC(=O)C(=O)c1ccnc(NC=O)n1. The van der Waals surface area contributed by atoms with Gasteiger partial charge in [0.25, 0.3) is 5.78 Å². The molecule has 1 amide bonds. The third kappa shape index (κ3) is 2.56. The van der Waals surface area contributed by atoms with Crippen LogP contribution in [0.15, 0.2) is 12.3 Å². The minimum atomic E-state index is -1.02. The Labute approximate surface area is 84.5 Å². The van der Waals surface area contributed by atoms with E-state index in [0.717, 1.165) is 7.11 Å². The molecule has 0 saturated heterocycles. The first-order valence-electron chi connectivity index (χ1n) is 3.85. The zero-order chi connectivity index (χ0) is 11.3. The molecule has 0 aliphatic rings. The molecule has 1 N–H and O–H groups in total. The molecule has 78 valence electrons. The molecule has 15 heavy (non-hydrogen) atoms. The molecular formula is C8H7N3O4. The number of carbonyl (C=O) groups is 3. The maximum absolute atomic E-state index is 11.3. The van der Waals surface area contributed by atoms with E-state index >= 15 is 0 Å². The van der Waals surface area contributed by atoms with Gasteiger partial charge in [-0.2, -0.15) is 0 Å². The number of nitrogens with one attached hydrogen (secondary N) is 1. The van der Waals surface area contributed by atoms with Gasteiger partial charge in [0, 0.05) is 6.20 Å². The Hall–Kier alpha value is -2.31. The Kier molecular flexibility index (Phi) is 3.44. The maximum atomic E-state index is 11.3. The Morgan fingerprint density at radius 1 is 1.53 bits per heavy atom. The van der Waals surface area contributed by atoms with E-state index in [9.17, 15) is 14.4 Å². The summed E-state index contributed by atoms with van der Waals surface area (Å²) in [6.45, 7) is 0. The van der Waals surface area contributed by atoms with E-state index in [4.69, 9.17) is 0 Å². The van der Waals surface area contributed by atoms with Crippen LogP contribution in [-0.2, 0) is 14.3 Å². The van der Waals surface area contributed by atoms with Gasteiger partial charge in [-0.05, 0) is 6.07 Å². The number of anilines is 1. The standard InChI is InChI=1S/C8H7N3O4/c1-15-7(14)6(13)5-2-3-9-8(11-5)10-4-12/h2-4H,1H3,(H,9,10,11,12). The van der Waals surface area contributed by atoms with Crippen molar-refractivity contribution in [2.75, 3.05) is 12.4 Å². The Morgan fingerprint density at radius 3 is 2.87 bits per heavy atom. The third-order valence-corrected chi connectivity index (χ3v) is 1.45. The monoisotopic (exact) mass is 209 g/mol. The summed E-state index contributed by atoms with van der Waals surface area (Å²) in [4.78, 5) is 39.5. The van der Waals surface area contributed by atoms with Gasteiger partial charge in [0.05, 0.1) is 7.11 Å². The number of amides is 1. The summed E-state index contributed by atoms with van der Waals surface area (Å²) in [6, 6.07) is 1.25. The normalized spacial score (nSPS) is 9.13. The molecule has 1 heterocycles. The zero-order valence-electron chi connectivity index (χ0n) is 7.76. The van der Waals surface area contributed by atoms with Crippen LogP contribution in [0.1, 0.15) is 10.5 Å². The van der Waals surface area contributed by atoms with Gasteiger partial charge >= 0.3 is 5.97 Å². The van der Waals surface area contributed by atoms with Crippen molar-refractivity contribution in [1.82, 2.24) is 9.97 Å². The predicted octanol–water partition coefficient (Wildman–Crippen LogP) is -0.599. The van der Waals surface area contributed by atoms with Gasteiger partial charge in [0.2, 0.25) is 12.4 Å². The fourth-order valence-electron chi connectivity index (χ4n) is 0.805. The first-order chi connectivity index (χ1) is 7.19. The van der Waals surface area contributed by atoms with Crippen molar-refractivity contribution in [3.8, 4) is 0 Å². The number of aromatic nitrogens is 2. The van der Waals surface area contributed by atoms with Crippen molar-refractivity contribution in [2.45, 2.75) is 0 Å². The number of Topliss-reactive ketones (excluding diaryl/α,β-unsaturated/α-hetero) is 1. The van der Waals surface area contributed by atoms with Crippen LogP contribution in [-0.4, -0.2) is 35.2 Å². The highest BCUT2D eigenvalue weighted by Crippen LogP contribution is 2.01. The van der Waals surface area contributed by atoms with Gasteiger partial charge in [-0.3, -0.25) is 14.9 Å².